The van der Waals surface area contributed by atoms with Crippen LogP contribution in [0, 0.1) is 0 Å². The van der Waals surface area contributed by atoms with Gasteiger partial charge in [0, 0.05) is 24.3 Å². The molecule has 0 unspecified atom stereocenters. The second-order valence-electron chi connectivity index (χ2n) is 4.54. The SMILES string of the molecule is O=C(NCCCO)c1[nH]nc2c1COc1ccccc1-2. The van der Waals surface area contributed by atoms with E-state index in [-0.39, 0.29) is 12.5 Å². The number of hydrogen-bond acceptors (Lipinski definition) is 4. The van der Waals surface area contributed by atoms with Gasteiger partial charge in [-0.15, -0.1) is 0 Å². The number of para-hydroxylation sites is 1. The van der Waals surface area contributed by atoms with Crippen molar-refractivity contribution in [3.05, 3.63) is 35.5 Å². The molecule has 0 spiro atoms. The highest BCUT2D eigenvalue weighted by Gasteiger charge is 2.25. The number of fused-ring (bicyclic) bond motifs is 3. The topological polar surface area (TPSA) is 87.2 Å². The molecule has 1 aromatic carbocycles. The maximum atomic E-state index is 12.0. The van der Waals surface area contributed by atoms with Crippen LogP contribution in [0.5, 0.6) is 5.75 Å². The van der Waals surface area contributed by atoms with Crippen molar-refractivity contribution in [2.75, 3.05) is 13.2 Å². The highest BCUT2D eigenvalue weighted by atomic mass is 16.5. The van der Waals surface area contributed by atoms with Gasteiger partial charge in [0.25, 0.3) is 5.91 Å². The fraction of sp³-hybridized carbons (Fsp3) is 0.286. The van der Waals surface area contributed by atoms with Crippen LogP contribution in [0.2, 0.25) is 0 Å². The first-order valence-corrected chi connectivity index (χ1v) is 6.49. The molecular weight excluding hydrogens is 258 g/mol. The molecular formula is C14H15N3O3. The smallest absolute Gasteiger partial charge is 0.269 e. The van der Waals surface area contributed by atoms with E-state index in [1.54, 1.807) is 0 Å². The van der Waals surface area contributed by atoms with Gasteiger partial charge < -0.3 is 15.2 Å². The van der Waals surface area contributed by atoms with E-state index < -0.39 is 0 Å². The van der Waals surface area contributed by atoms with Crippen LogP contribution in [0.15, 0.2) is 24.3 Å². The Morgan fingerprint density at radius 3 is 3.15 bits per heavy atom. The summed E-state index contributed by atoms with van der Waals surface area (Å²) >= 11 is 0. The van der Waals surface area contributed by atoms with Crippen molar-refractivity contribution >= 4 is 5.91 Å². The number of hydrogen-bond donors (Lipinski definition) is 3. The molecule has 0 bridgehead atoms. The molecule has 2 aromatic rings. The van der Waals surface area contributed by atoms with Crippen LogP contribution in [0.3, 0.4) is 0 Å². The van der Waals surface area contributed by atoms with Crippen molar-refractivity contribution in [3.63, 3.8) is 0 Å². The predicted molar refractivity (Wildman–Crippen MR) is 72.4 cm³/mol. The molecule has 1 aliphatic heterocycles. The Morgan fingerprint density at radius 1 is 1.45 bits per heavy atom. The number of nitrogens with one attached hydrogen (secondary N) is 2. The molecule has 0 radical (unpaired) electrons. The average molecular weight is 273 g/mol. The number of aliphatic hydroxyl groups is 1. The lowest BCUT2D eigenvalue weighted by Gasteiger charge is -2.17. The Kier molecular flexibility index (Phi) is 3.39. The van der Waals surface area contributed by atoms with Gasteiger partial charge in [-0.3, -0.25) is 9.89 Å². The minimum atomic E-state index is -0.227. The van der Waals surface area contributed by atoms with E-state index in [4.69, 9.17) is 9.84 Å². The zero-order chi connectivity index (χ0) is 13.9. The van der Waals surface area contributed by atoms with Gasteiger partial charge in [0.15, 0.2) is 0 Å². The summed E-state index contributed by atoms with van der Waals surface area (Å²) in [6, 6.07) is 7.61. The second kappa shape index (κ2) is 5.34. The van der Waals surface area contributed by atoms with E-state index in [2.05, 4.69) is 15.5 Å². The molecule has 6 nitrogen and oxygen atoms in total. The van der Waals surface area contributed by atoms with Crippen LogP contribution in [0.4, 0.5) is 0 Å². The highest BCUT2D eigenvalue weighted by molar-refractivity contribution is 5.96. The number of benzene rings is 1. The van der Waals surface area contributed by atoms with Crippen molar-refractivity contribution < 1.29 is 14.6 Å². The van der Waals surface area contributed by atoms with Crippen molar-refractivity contribution in [1.29, 1.82) is 0 Å². The lowest BCUT2D eigenvalue weighted by molar-refractivity contribution is 0.0943. The number of carbonyl (C=O) groups is 1. The lowest BCUT2D eigenvalue weighted by Crippen LogP contribution is -2.26. The Balaban J connectivity index is 1.88. The maximum absolute atomic E-state index is 12.0. The molecule has 104 valence electrons. The molecule has 3 rings (SSSR count). The van der Waals surface area contributed by atoms with Crippen molar-refractivity contribution in [2.45, 2.75) is 13.0 Å². The lowest BCUT2D eigenvalue weighted by atomic mass is 10.0. The second-order valence-corrected chi connectivity index (χ2v) is 4.54. The molecule has 2 heterocycles. The first kappa shape index (κ1) is 12.7. The zero-order valence-electron chi connectivity index (χ0n) is 10.8. The predicted octanol–water partition coefficient (Wildman–Crippen LogP) is 1.08. The van der Waals surface area contributed by atoms with Gasteiger partial charge >= 0.3 is 0 Å². The van der Waals surface area contributed by atoms with Crippen LogP contribution >= 0.6 is 0 Å². The van der Waals surface area contributed by atoms with Crippen LogP contribution in [-0.2, 0) is 6.61 Å². The molecule has 20 heavy (non-hydrogen) atoms. The monoisotopic (exact) mass is 273 g/mol. The fourth-order valence-electron chi connectivity index (χ4n) is 2.22. The number of aromatic amines is 1. The molecule has 3 N–H and O–H groups in total. The van der Waals surface area contributed by atoms with Gasteiger partial charge in [-0.05, 0) is 18.6 Å². The molecule has 0 fully saturated rings. The summed E-state index contributed by atoms with van der Waals surface area (Å²) in [5.41, 5.74) is 2.84. The summed E-state index contributed by atoms with van der Waals surface area (Å²) in [6.45, 7) is 0.810. The van der Waals surface area contributed by atoms with Crippen LogP contribution in [0.25, 0.3) is 11.3 Å². The molecule has 1 aromatic heterocycles. The van der Waals surface area contributed by atoms with E-state index in [0.717, 1.165) is 22.6 Å². The molecule has 0 atom stereocenters. The summed E-state index contributed by atoms with van der Waals surface area (Å²) < 4.78 is 5.64. The average Bonchev–Trinajstić information content (AvgIpc) is 2.92. The summed E-state index contributed by atoms with van der Waals surface area (Å²) in [5, 5.41) is 18.5. The Labute approximate surface area is 115 Å². The molecule has 0 saturated heterocycles. The summed E-state index contributed by atoms with van der Waals surface area (Å²) in [5.74, 6) is 0.550. The van der Waals surface area contributed by atoms with Gasteiger partial charge in [-0.25, -0.2) is 0 Å². The minimum Gasteiger partial charge on any atom is -0.488 e. The summed E-state index contributed by atoms with van der Waals surface area (Å²) in [6.07, 6.45) is 0.529. The summed E-state index contributed by atoms with van der Waals surface area (Å²) in [4.78, 5) is 12.0. The van der Waals surface area contributed by atoms with Gasteiger partial charge in [0.1, 0.15) is 23.7 Å². The van der Waals surface area contributed by atoms with Crippen LogP contribution in [0.1, 0.15) is 22.5 Å². The van der Waals surface area contributed by atoms with Crippen molar-refractivity contribution in [3.8, 4) is 17.0 Å². The third-order valence-electron chi connectivity index (χ3n) is 3.23. The van der Waals surface area contributed by atoms with E-state index in [1.807, 2.05) is 24.3 Å². The maximum Gasteiger partial charge on any atom is 0.269 e. The normalized spacial score (nSPS) is 12.2. The van der Waals surface area contributed by atoms with E-state index in [1.165, 1.54) is 0 Å². The van der Waals surface area contributed by atoms with Gasteiger partial charge in [-0.1, -0.05) is 12.1 Å². The molecule has 1 amide bonds. The highest BCUT2D eigenvalue weighted by Crippen LogP contribution is 2.36. The van der Waals surface area contributed by atoms with E-state index >= 15 is 0 Å². The number of aliphatic hydroxyl groups excluding tert-OH is 1. The van der Waals surface area contributed by atoms with Crippen LogP contribution in [-0.4, -0.2) is 34.4 Å². The van der Waals surface area contributed by atoms with Gasteiger partial charge in [0.05, 0.1) is 0 Å². The number of aromatic nitrogens is 2. The standard InChI is InChI=1S/C14H15N3O3/c18-7-3-6-15-14(19)13-10-8-20-11-5-2-1-4-9(11)12(10)16-17-13/h1-2,4-5,18H,3,6-8H2,(H,15,19)(H,16,17). The van der Waals surface area contributed by atoms with Crippen molar-refractivity contribution in [1.82, 2.24) is 15.5 Å². The Hall–Kier alpha value is -2.34. The van der Waals surface area contributed by atoms with Gasteiger partial charge in [-0.2, -0.15) is 5.10 Å². The number of rotatable bonds is 4. The van der Waals surface area contributed by atoms with Crippen molar-refractivity contribution in [2.24, 2.45) is 0 Å². The zero-order valence-corrected chi connectivity index (χ0v) is 10.8. The number of H-pyrrole nitrogens is 1. The molecule has 6 heteroatoms. The Bertz CT molecular complexity index is 636. The van der Waals surface area contributed by atoms with E-state index in [0.29, 0.717) is 25.3 Å². The minimum absolute atomic E-state index is 0.0534. The van der Waals surface area contributed by atoms with Gasteiger partial charge in [0.2, 0.25) is 0 Å². The first-order valence-electron chi connectivity index (χ1n) is 6.49. The Morgan fingerprint density at radius 2 is 2.30 bits per heavy atom. The largest absolute Gasteiger partial charge is 0.488 e. The summed E-state index contributed by atoms with van der Waals surface area (Å²) in [7, 11) is 0. The molecule has 0 aliphatic carbocycles. The number of carbonyl (C=O) groups excluding carboxylic acids is 1. The molecule has 1 aliphatic rings. The number of amides is 1. The van der Waals surface area contributed by atoms with E-state index in [9.17, 15) is 4.79 Å². The first-order chi connectivity index (χ1) is 9.81. The third kappa shape index (κ3) is 2.14. The number of ether oxygens (including phenoxy) is 1. The number of nitrogens with zero attached hydrogens (tertiary/aromatic N) is 1. The quantitative estimate of drug-likeness (QED) is 0.727. The fourth-order valence-corrected chi connectivity index (χ4v) is 2.22. The molecule has 0 saturated carbocycles. The van der Waals surface area contributed by atoms with Crippen LogP contribution < -0.4 is 10.1 Å². The third-order valence-corrected chi connectivity index (χ3v) is 3.23.